The topological polar surface area (TPSA) is 93.7 Å². The van der Waals surface area contributed by atoms with E-state index in [1.807, 2.05) is 6.92 Å². The molecule has 0 spiro atoms. The quantitative estimate of drug-likeness (QED) is 0.722. The number of ether oxygens (including phenoxy) is 2. The van der Waals surface area contributed by atoms with Gasteiger partial charge < -0.3 is 20.1 Å². The first kappa shape index (κ1) is 19.2. The first-order chi connectivity index (χ1) is 9.60. The van der Waals surface area contributed by atoms with Crippen LogP contribution in [0.15, 0.2) is 0 Å². The molecule has 0 fully saturated rings. The third-order valence-electron chi connectivity index (χ3n) is 2.47. The van der Waals surface area contributed by atoms with E-state index in [2.05, 4.69) is 10.6 Å². The number of esters is 1. The normalized spacial score (nSPS) is 13.8. The lowest BCUT2D eigenvalue weighted by Gasteiger charge is -2.27. The Kier molecular flexibility index (Phi) is 7.76. The van der Waals surface area contributed by atoms with E-state index in [1.54, 1.807) is 20.8 Å². The monoisotopic (exact) mass is 302 g/mol. The van der Waals surface area contributed by atoms with Gasteiger partial charge in [0, 0.05) is 14.0 Å². The van der Waals surface area contributed by atoms with E-state index in [-0.39, 0.29) is 0 Å². The average molecular weight is 302 g/mol. The van der Waals surface area contributed by atoms with Crippen molar-refractivity contribution in [1.29, 1.82) is 0 Å². The van der Waals surface area contributed by atoms with E-state index < -0.39 is 35.7 Å². The van der Waals surface area contributed by atoms with Crippen LogP contribution in [0.3, 0.4) is 0 Å². The summed E-state index contributed by atoms with van der Waals surface area (Å²) in [4.78, 5) is 34.8. The standard InChI is InChI=1S/C14H26N2O5/c1-7-8-10(16-13(19)21-14(3,4)5)11(12(18)15-6)20-9(2)17/h10-11H,7-8H2,1-6H3,(H,15,18)(H,16,19)/t10-,11?/m0/s1. The minimum atomic E-state index is -1.08. The molecule has 7 heteroatoms. The Morgan fingerprint density at radius 2 is 1.76 bits per heavy atom. The van der Waals surface area contributed by atoms with Crippen LogP contribution in [-0.4, -0.2) is 42.8 Å². The molecule has 2 atom stereocenters. The number of amides is 2. The molecule has 21 heavy (non-hydrogen) atoms. The van der Waals surface area contributed by atoms with Crippen molar-refractivity contribution < 1.29 is 23.9 Å². The maximum Gasteiger partial charge on any atom is 0.408 e. The van der Waals surface area contributed by atoms with Crippen LogP contribution in [0, 0.1) is 0 Å². The summed E-state index contributed by atoms with van der Waals surface area (Å²) in [5, 5.41) is 5.02. The van der Waals surface area contributed by atoms with E-state index in [4.69, 9.17) is 9.47 Å². The zero-order valence-electron chi connectivity index (χ0n) is 13.6. The molecule has 0 aliphatic rings. The first-order valence-corrected chi connectivity index (χ1v) is 6.99. The van der Waals surface area contributed by atoms with Gasteiger partial charge in [-0.2, -0.15) is 0 Å². The second-order valence-corrected chi connectivity index (χ2v) is 5.69. The molecule has 0 aromatic carbocycles. The van der Waals surface area contributed by atoms with Crippen molar-refractivity contribution in [3.8, 4) is 0 Å². The fourth-order valence-corrected chi connectivity index (χ4v) is 1.71. The van der Waals surface area contributed by atoms with Crippen LogP contribution in [0.4, 0.5) is 4.79 Å². The van der Waals surface area contributed by atoms with Crippen molar-refractivity contribution in [3.05, 3.63) is 0 Å². The lowest BCUT2D eigenvalue weighted by atomic mass is 10.1. The van der Waals surface area contributed by atoms with Gasteiger partial charge in [0.1, 0.15) is 5.60 Å². The minimum absolute atomic E-state index is 0.472. The summed E-state index contributed by atoms with van der Waals surface area (Å²) in [6.07, 6.45) is -0.554. The van der Waals surface area contributed by atoms with Crippen molar-refractivity contribution in [2.75, 3.05) is 7.05 Å². The van der Waals surface area contributed by atoms with Crippen LogP contribution in [-0.2, 0) is 19.1 Å². The highest BCUT2D eigenvalue weighted by molar-refractivity contribution is 5.84. The number of carbonyl (C=O) groups is 3. The van der Waals surface area contributed by atoms with Gasteiger partial charge in [-0.1, -0.05) is 13.3 Å². The van der Waals surface area contributed by atoms with Crippen LogP contribution < -0.4 is 10.6 Å². The Labute approximate surface area is 125 Å². The van der Waals surface area contributed by atoms with Crippen molar-refractivity contribution in [2.24, 2.45) is 0 Å². The number of nitrogens with one attached hydrogen (secondary N) is 2. The van der Waals surface area contributed by atoms with Gasteiger partial charge >= 0.3 is 12.1 Å². The summed E-state index contributed by atoms with van der Waals surface area (Å²) < 4.78 is 10.2. The third kappa shape index (κ3) is 8.16. The Morgan fingerprint density at radius 1 is 1.19 bits per heavy atom. The number of likely N-dealkylation sites (N-methyl/N-ethyl adjacent to an activating group) is 1. The second kappa shape index (κ2) is 8.49. The maximum absolute atomic E-state index is 11.9. The zero-order valence-corrected chi connectivity index (χ0v) is 13.6. The number of rotatable bonds is 6. The van der Waals surface area contributed by atoms with Gasteiger partial charge in [0.05, 0.1) is 6.04 Å². The molecule has 2 N–H and O–H groups in total. The van der Waals surface area contributed by atoms with E-state index in [0.717, 1.165) is 0 Å². The molecule has 0 bridgehead atoms. The van der Waals surface area contributed by atoms with Gasteiger partial charge in [-0.15, -0.1) is 0 Å². The summed E-state index contributed by atoms with van der Waals surface area (Å²) >= 11 is 0. The minimum Gasteiger partial charge on any atom is -0.450 e. The van der Waals surface area contributed by atoms with Crippen molar-refractivity contribution in [1.82, 2.24) is 10.6 Å². The molecular formula is C14H26N2O5. The fourth-order valence-electron chi connectivity index (χ4n) is 1.71. The maximum atomic E-state index is 11.9. The Hall–Kier alpha value is -1.79. The van der Waals surface area contributed by atoms with E-state index in [1.165, 1.54) is 14.0 Å². The Bertz CT molecular complexity index is 376. The van der Waals surface area contributed by atoms with Gasteiger partial charge in [0.25, 0.3) is 5.91 Å². The highest BCUT2D eigenvalue weighted by Gasteiger charge is 2.32. The van der Waals surface area contributed by atoms with E-state index in [9.17, 15) is 14.4 Å². The molecule has 0 heterocycles. The number of alkyl carbamates (subject to hydrolysis) is 1. The lowest BCUT2D eigenvalue weighted by molar-refractivity contribution is -0.155. The highest BCUT2D eigenvalue weighted by Crippen LogP contribution is 2.11. The molecule has 0 aliphatic carbocycles. The Balaban J connectivity index is 4.99. The van der Waals surface area contributed by atoms with Gasteiger partial charge in [-0.25, -0.2) is 4.79 Å². The molecule has 0 aromatic rings. The summed E-state index contributed by atoms with van der Waals surface area (Å²) in [5.74, 6) is -1.06. The first-order valence-electron chi connectivity index (χ1n) is 6.99. The van der Waals surface area contributed by atoms with Crippen LogP contribution in [0.2, 0.25) is 0 Å². The summed E-state index contributed by atoms with van der Waals surface area (Å²) in [6.45, 7) is 8.34. The summed E-state index contributed by atoms with van der Waals surface area (Å²) in [6, 6.07) is -0.645. The van der Waals surface area contributed by atoms with Crippen molar-refractivity contribution >= 4 is 18.0 Å². The van der Waals surface area contributed by atoms with Crippen LogP contribution in [0.1, 0.15) is 47.5 Å². The molecule has 0 radical (unpaired) electrons. The van der Waals surface area contributed by atoms with Gasteiger partial charge in [0.15, 0.2) is 6.10 Å². The van der Waals surface area contributed by atoms with E-state index >= 15 is 0 Å². The molecular weight excluding hydrogens is 276 g/mol. The molecule has 0 aromatic heterocycles. The van der Waals surface area contributed by atoms with Gasteiger partial charge in [0.2, 0.25) is 0 Å². The molecule has 7 nitrogen and oxygen atoms in total. The van der Waals surface area contributed by atoms with Crippen LogP contribution >= 0.6 is 0 Å². The molecule has 0 saturated carbocycles. The molecule has 0 rings (SSSR count). The highest BCUT2D eigenvalue weighted by atomic mass is 16.6. The summed E-state index contributed by atoms with van der Waals surface area (Å²) in [7, 11) is 1.44. The summed E-state index contributed by atoms with van der Waals surface area (Å²) in [5.41, 5.74) is -0.648. The molecule has 122 valence electrons. The fraction of sp³-hybridized carbons (Fsp3) is 0.786. The lowest BCUT2D eigenvalue weighted by Crippen LogP contribution is -2.52. The molecule has 0 aliphatic heterocycles. The third-order valence-corrected chi connectivity index (χ3v) is 2.47. The molecule has 0 saturated heterocycles. The van der Waals surface area contributed by atoms with Crippen LogP contribution in [0.25, 0.3) is 0 Å². The molecule has 2 amide bonds. The van der Waals surface area contributed by atoms with Crippen molar-refractivity contribution in [3.63, 3.8) is 0 Å². The number of carbonyl (C=O) groups excluding carboxylic acids is 3. The van der Waals surface area contributed by atoms with Crippen LogP contribution in [0.5, 0.6) is 0 Å². The largest absolute Gasteiger partial charge is 0.450 e. The Morgan fingerprint density at radius 3 is 2.14 bits per heavy atom. The van der Waals surface area contributed by atoms with Gasteiger partial charge in [-0.05, 0) is 27.2 Å². The average Bonchev–Trinajstić information content (AvgIpc) is 2.32. The van der Waals surface area contributed by atoms with Gasteiger partial charge in [-0.3, -0.25) is 9.59 Å². The second-order valence-electron chi connectivity index (χ2n) is 5.69. The predicted octanol–water partition coefficient (Wildman–Crippen LogP) is 1.36. The zero-order chi connectivity index (χ0) is 16.6. The number of hydrogen-bond donors (Lipinski definition) is 2. The van der Waals surface area contributed by atoms with Crippen molar-refractivity contribution in [2.45, 2.75) is 65.2 Å². The number of hydrogen-bond acceptors (Lipinski definition) is 5. The SMILES string of the molecule is CCC[C@H](NC(=O)OC(C)(C)C)C(OC(C)=O)C(=O)NC. The predicted molar refractivity (Wildman–Crippen MR) is 77.7 cm³/mol. The molecule has 1 unspecified atom stereocenters. The smallest absolute Gasteiger partial charge is 0.408 e. The van der Waals surface area contributed by atoms with E-state index in [0.29, 0.717) is 12.8 Å².